The summed E-state index contributed by atoms with van der Waals surface area (Å²) in [6, 6.07) is 5.27. The fourth-order valence-corrected chi connectivity index (χ4v) is 2.17. The predicted molar refractivity (Wildman–Crippen MR) is 76.3 cm³/mol. The van der Waals surface area contributed by atoms with Gasteiger partial charge in [0.05, 0.1) is 30.5 Å². The van der Waals surface area contributed by atoms with Gasteiger partial charge in [0, 0.05) is 18.3 Å². The van der Waals surface area contributed by atoms with Crippen molar-refractivity contribution in [1.29, 1.82) is 0 Å². The van der Waals surface area contributed by atoms with Gasteiger partial charge in [-0.05, 0) is 25.1 Å². The van der Waals surface area contributed by atoms with E-state index >= 15 is 0 Å². The van der Waals surface area contributed by atoms with Gasteiger partial charge in [-0.2, -0.15) is 0 Å². The van der Waals surface area contributed by atoms with Crippen LogP contribution in [0.25, 0.3) is 0 Å². The number of nitrogens with zero attached hydrogens (tertiary/aromatic N) is 1. The number of ether oxygens (including phenoxy) is 1. The molecule has 1 heterocycles. The Labute approximate surface area is 117 Å². The number of carbonyl (C=O) groups excluding carboxylic acids is 1. The van der Waals surface area contributed by atoms with Gasteiger partial charge in [-0.15, -0.1) is 0 Å². The number of nitrogens with two attached hydrogens (primary N) is 1. The summed E-state index contributed by atoms with van der Waals surface area (Å²) in [5, 5.41) is 3.27. The van der Waals surface area contributed by atoms with Crippen molar-refractivity contribution in [2.24, 2.45) is 0 Å². The molecule has 1 aliphatic rings. The third-order valence-electron chi connectivity index (χ3n) is 3.12. The van der Waals surface area contributed by atoms with Gasteiger partial charge >= 0.3 is 0 Å². The molecule has 1 aliphatic heterocycles. The second-order valence-electron chi connectivity index (χ2n) is 4.68. The van der Waals surface area contributed by atoms with E-state index < -0.39 is 0 Å². The van der Waals surface area contributed by atoms with Crippen molar-refractivity contribution in [2.75, 3.05) is 37.4 Å². The molecule has 2 rings (SSSR count). The number of halogens is 1. The summed E-state index contributed by atoms with van der Waals surface area (Å²) < 4.78 is 5.34. The van der Waals surface area contributed by atoms with Crippen molar-refractivity contribution in [3.8, 4) is 0 Å². The van der Waals surface area contributed by atoms with Crippen LogP contribution in [0.15, 0.2) is 18.2 Å². The normalized spacial score (nSPS) is 20.2. The van der Waals surface area contributed by atoms with Crippen molar-refractivity contribution in [3.63, 3.8) is 0 Å². The third kappa shape index (κ3) is 3.83. The van der Waals surface area contributed by atoms with Crippen molar-refractivity contribution in [3.05, 3.63) is 23.2 Å². The molecule has 0 bridgehead atoms. The van der Waals surface area contributed by atoms with Crippen LogP contribution < -0.4 is 11.1 Å². The number of hydrogen-bond acceptors (Lipinski definition) is 4. The number of carbonyl (C=O) groups is 1. The molecule has 1 unspecified atom stereocenters. The number of nitrogens with one attached hydrogen (secondary N) is 1. The third-order valence-corrected chi connectivity index (χ3v) is 3.45. The highest BCUT2D eigenvalue weighted by Crippen LogP contribution is 2.24. The van der Waals surface area contributed by atoms with E-state index in [1.165, 1.54) is 0 Å². The number of morpholine rings is 1. The van der Waals surface area contributed by atoms with E-state index in [-0.39, 0.29) is 11.9 Å². The largest absolute Gasteiger partial charge is 0.399 e. The minimum Gasteiger partial charge on any atom is -0.399 e. The molecule has 0 aromatic heterocycles. The Morgan fingerprint density at radius 2 is 2.42 bits per heavy atom. The van der Waals surface area contributed by atoms with Gasteiger partial charge in [-0.3, -0.25) is 9.69 Å². The Balaban J connectivity index is 1.95. The first kappa shape index (κ1) is 14.1. The van der Waals surface area contributed by atoms with Gasteiger partial charge in [0.25, 0.3) is 0 Å². The molecule has 0 aliphatic carbocycles. The Kier molecular flexibility index (Phi) is 4.63. The fraction of sp³-hybridized carbons (Fsp3) is 0.462. The molecule has 1 saturated heterocycles. The fourth-order valence-electron chi connectivity index (χ4n) is 2.01. The number of anilines is 2. The molecular formula is C13H18ClN3O2. The zero-order chi connectivity index (χ0) is 13.8. The predicted octanol–water partition coefficient (Wildman–Crippen LogP) is 1.58. The molecule has 1 fully saturated rings. The monoisotopic (exact) mass is 283 g/mol. The molecule has 1 aromatic carbocycles. The minimum atomic E-state index is -0.0961. The maximum Gasteiger partial charge on any atom is 0.238 e. The lowest BCUT2D eigenvalue weighted by atomic mass is 10.2. The molecule has 0 radical (unpaired) electrons. The zero-order valence-corrected chi connectivity index (χ0v) is 11.6. The van der Waals surface area contributed by atoms with E-state index in [0.717, 1.165) is 6.54 Å². The number of hydrogen-bond donors (Lipinski definition) is 2. The first-order valence-corrected chi connectivity index (χ1v) is 6.60. The minimum absolute atomic E-state index is 0.0961. The van der Waals surface area contributed by atoms with Crippen LogP contribution in [0.4, 0.5) is 11.4 Å². The maximum absolute atomic E-state index is 12.0. The molecule has 1 aromatic rings. The standard InChI is InChI=1S/C13H18ClN3O2/c1-9-8-19-5-4-17(9)7-13(18)16-12-6-10(15)2-3-11(12)14/h2-3,6,9H,4-5,7-8,15H2,1H3,(H,16,18). The van der Waals surface area contributed by atoms with Crippen LogP contribution >= 0.6 is 11.6 Å². The maximum atomic E-state index is 12.0. The lowest BCUT2D eigenvalue weighted by Gasteiger charge is -2.32. The second kappa shape index (κ2) is 6.23. The van der Waals surface area contributed by atoms with Gasteiger partial charge in [0.15, 0.2) is 0 Å². The number of benzene rings is 1. The molecule has 1 atom stereocenters. The van der Waals surface area contributed by atoms with Gasteiger partial charge in [-0.25, -0.2) is 0 Å². The lowest BCUT2D eigenvalue weighted by molar-refractivity contribution is -0.119. The van der Waals surface area contributed by atoms with Gasteiger partial charge in [0.2, 0.25) is 5.91 Å². The second-order valence-corrected chi connectivity index (χ2v) is 5.09. The van der Waals surface area contributed by atoms with E-state index in [0.29, 0.717) is 36.2 Å². The summed E-state index contributed by atoms with van der Waals surface area (Å²) in [7, 11) is 0. The van der Waals surface area contributed by atoms with Crippen molar-refractivity contribution in [1.82, 2.24) is 4.90 Å². The molecule has 0 spiro atoms. The first-order valence-electron chi connectivity index (χ1n) is 6.23. The first-order chi connectivity index (χ1) is 9.06. The van der Waals surface area contributed by atoms with E-state index in [4.69, 9.17) is 22.1 Å². The summed E-state index contributed by atoms with van der Waals surface area (Å²) in [5.74, 6) is -0.0961. The van der Waals surface area contributed by atoms with E-state index in [1.807, 2.05) is 6.92 Å². The summed E-state index contributed by atoms with van der Waals surface area (Å²) in [6.07, 6.45) is 0. The molecule has 19 heavy (non-hydrogen) atoms. The molecule has 1 amide bonds. The van der Waals surface area contributed by atoms with Crippen LogP contribution in [-0.2, 0) is 9.53 Å². The highest BCUT2D eigenvalue weighted by atomic mass is 35.5. The van der Waals surface area contributed by atoms with E-state index in [2.05, 4.69) is 10.2 Å². The van der Waals surface area contributed by atoms with Gasteiger partial charge < -0.3 is 15.8 Å². The Bertz CT molecular complexity index is 467. The van der Waals surface area contributed by atoms with Crippen molar-refractivity contribution in [2.45, 2.75) is 13.0 Å². The SMILES string of the molecule is CC1COCCN1CC(=O)Nc1cc(N)ccc1Cl. The van der Waals surface area contributed by atoms with Crippen LogP contribution in [-0.4, -0.2) is 43.2 Å². The highest BCUT2D eigenvalue weighted by molar-refractivity contribution is 6.33. The van der Waals surface area contributed by atoms with Crippen molar-refractivity contribution < 1.29 is 9.53 Å². The van der Waals surface area contributed by atoms with Crippen LogP contribution in [0.1, 0.15) is 6.92 Å². The van der Waals surface area contributed by atoms with Crippen LogP contribution in [0.2, 0.25) is 5.02 Å². The lowest BCUT2D eigenvalue weighted by Crippen LogP contribution is -2.47. The quantitative estimate of drug-likeness (QED) is 0.827. The summed E-state index contributed by atoms with van der Waals surface area (Å²) in [6.45, 7) is 4.46. The summed E-state index contributed by atoms with van der Waals surface area (Å²) in [4.78, 5) is 14.1. The highest BCUT2D eigenvalue weighted by Gasteiger charge is 2.21. The molecule has 0 saturated carbocycles. The summed E-state index contributed by atoms with van der Waals surface area (Å²) in [5.41, 5.74) is 6.79. The van der Waals surface area contributed by atoms with Crippen molar-refractivity contribution >= 4 is 28.9 Å². The molecule has 6 heteroatoms. The van der Waals surface area contributed by atoms with Crippen LogP contribution in [0, 0.1) is 0 Å². The Morgan fingerprint density at radius 1 is 1.63 bits per heavy atom. The van der Waals surface area contributed by atoms with E-state index in [9.17, 15) is 4.79 Å². The molecular weight excluding hydrogens is 266 g/mol. The number of nitrogen functional groups attached to an aromatic ring is 1. The van der Waals surface area contributed by atoms with Gasteiger partial charge in [0.1, 0.15) is 0 Å². The van der Waals surface area contributed by atoms with E-state index in [1.54, 1.807) is 18.2 Å². The number of rotatable bonds is 3. The zero-order valence-electron chi connectivity index (χ0n) is 10.9. The van der Waals surface area contributed by atoms with Gasteiger partial charge in [-0.1, -0.05) is 11.6 Å². The smallest absolute Gasteiger partial charge is 0.238 e. The number of amides is 1. The average molecular weight is 284 g/mol. The van der Waals surface area contributed by atoms with Crippen LogP contribution in [0.3, 0.4) is 0 Å². The van der Waals surface area contributed by atoms with Crippen LogP contribution in [0.5, 0.6) is 0 Å². The Hall–Kier alpha value is -1.30. The molecule has 104 valence electrons. The molecule has 5 nitrogen and oxygen atoms in total. The average Bonchev–Trinajstić information content (AvgIpc) is 2.37. The topological polar surface area (TPSA) is 67.6 Å². The Morgan fingerprint density at radius 3 is 3.16 bits per heavy atom. The summed E-state index contributed by atoms with van der Waals surface area (Å²) >= 11 is 6.01. The molecule has 3 N–H and O–H groups in total.